The number of carbonyl (C=O) groups is 4. The second-order valence-electron chi connectivity index (χ2n) is 7.79. The number of hydrogen-bond acceptors (Lipinski definition) is 6. The van der Waals surface area contributed by atoms with Crippen LogP contribution in [-0.2, 0) is 20.9 Å². The van der Waals surface area contributed by atoms with Gasteiger partial charge in [0.05, 0.1) is 17.9 Å². The van der Waals surface area contributed by atoms with Gasteiger partial charge in [0.15, 0.2) is 0 Å². The van der Waals surface area contributed by atoms with Crippen LogP contribution in [-0.4, -0.2) is 30.4 Å². The molecule has 4 amide bonds. The maximum Gasteiger partial charge on any atom is 0.338 e. The molecule has 0 saturated carbocycles. The van der Waals surface area contributed by atoms with E-state index in [2.05, 4.69) is 21.2 Å². The standard InChI is InChI=1S/C27H20BrFN2O6/c1-2-36-26(34)16-7-10-20(11-8-16)31-25(33)21(24(32)30-27(31)35)14-18-13-19(28)9-12-23(18)37-15-17-5-3-4-6-22(17)29/h3-14H,2,15H2,1H3,(H,30,32,35)/b21-14+. The maximum absolute atomic E-state index is 14.0. The summed E-state index contributed by atoms with van der Waals surface area (Å²) in [5, 5.41) is 2.15. The lowest BCUT2D eigenvalue weighted by atomic mass is 10.1. The summed E-state index contributed by atoms with van der Waals surface area (Å²) in [4.78, 5) is 51.1. The largest absolute Gasteiger partial charge is 0.488 e. The third-order valence-electron chi connectivity index (χ3n) is 5.35. The molecule has 8 nitrogen and oxygen atoms in total. The van der Waals surface area contributed by atoms with Crippen LogP contribution in [0, 0.1) is 5.82 Å². The third-order valence-corrected chi connectivity index (χ3v) is 5.84. The van der Waals surface area contributed by atoms with E-state index in [0.29, 0.717) is 21.3 Å². The first-order chi connectivity index (χ1) is 17.8. The second-order valence-corrected chi connectivity index (χ2v) is 8.70. The predicted octanol–water partition coefficient (Wildman–Crippen LogP) is 5.01. The Morgan fingerprint density at radius 1 is 1.05 bits per heavy atom. The first kappa shape index (κ1) is 25.8. The van der Waals surface area contributed by atoms with Crippen LogP contribution in [0.5, 0.6) is 5.75 Å². The van der Waals surface area contributed by atoms with Gasteiger partial charge in [-0.05, 0) is 61.5 Å². The monoisotopic (exact) mass is 566 g/mol. The van der Waals surface area contributed by atoms with Gasteiger partial charge in [0.2, 0.25) is 0 Å². The quantitative estimate of drug-likeness (QED) is 0.245. The van der Waals surface area contributed by atoms with Crippen LogP contribution in [0.4, 0.5) is 14.9 Å². The number of ether oxygens (including phenoxy) is 2. The number of rotatable bonds is 7. The van der Waals surface area contributed by atoms with E-state index in [1.165, 1.54) is 36.4 Å². The van der Waals surface area contributed by atoms with Crippen molar-refractivity contribution in [1.82, 2.24) is 5.32 Å². The van der Waals surface area contributed by atoms with Gasteiger partial charge in [0.25, 0.3) is 11.8 Å². The van der Waals surface area contributed by atoms with Crippen LogP contribution in [0.1, 0.15) is 28.4 Å². The molecule has 1 saturated heterocycles. The van der Waals surface area contributed by atoms with E-state index in [1.54, 1.807) is 43.3 Å². The zero-order valence-corrected chi connectivity index (χ0v) is 21.1. The van der Waals surface area contributed by atoms with Crippen molar-refractivity contribution < 1.29 is 33.0 Å². The van der Waals surface area contributed by atoms with Gasteiger partial charge < -0.3 is 9.47 Å². The number of barbiturate groups is 1. The minimum atomic E-state index is -0.929. The molecule has 1 aliphatic heterocycles. The Kier molecular flexibility index (Phi) is 7.78. The number of benzene rings is 3. The highest BCUT2D eigenvalue weighted by Crippen LogP contribution is 2.29. The molecule has 188 valence electrons. The average molecular weight is 567 g/mol. The van der Waals surface area contributed by atoms with E-state index in [4.69, 9.17) is 9.47 Å². The van der Waals surface area contributed by atoms with Gasteiger partial charge in [0.1, 0.15) is 23.7 Å². The predicted molar refractivity (Wildman–Crippen MR) is 136 cm³/mol. The fraction of sp³-hybridized carbons (Fsp3) is 0.111. The summed E-state index contributed by atoms with van der Waals surface area (Å²) in [6.45, 7) is 1.79. The van der Waals surface area contributed by atoms with Gasteiger partial charge in [-0.25, -0.2) is 18.9 Å². The molecular formula is C27H20BrFN2O6. The summed E-state index contributed by atoms with van der Waals surface area (Å²) in [5.41, 5.74) is 0.768. The Morgan fingerprint density at radius 2 is 1.78 bits per heavy atom. The number of imide groups is 2. The Labute approximate surface area is 219 Å². The van der Waals surface area contributed by atoms with Crippen LogP contribution in [0.25, 0.3) is 6.08 Å². The highest BCUT2D eigenvalue weighted by molar-refractivity contribution is 9.10. The van der Waals surface area contributed by atoms with Crippen LogP contribution < -0.4 is 15.0 Å². The average Bonchev–Trinajstić information content (AvgIpc) is 2.87. The number of urea groups is 1. The fourth-order valence-electron chi connectivity index (χ4n) is 3.54. The molecule has 0 aliphatic carbocycles. The molecule has 0 unspecified atom stereocenters. The van der Waals surface area contributed by atoms with E-state index in [9.17, 15) is 23.6 Å². The van der Waals surface area contributed by atoms with Crippen LogP contribution in [0.2, 0.25) is 0 Å². The lowest BCUT2D eigenvalue weighted by Crippen LogP contribution is -2.54. The molecule has 3 aromatic rings. The third kappa shape index (κ3) is 5.75. The molecule has 0 bridgehead atoms. The molecule has 0 radical (unpaired) electrons. The number of amides is 4. The number of halogens is 2. The molecule has 4 rings (SSSR count). The normalized spacial score (nSPS) is 14.5. The minimum Gasteiger partial charge on any atom is -0.488 e. The van der Waals surface area contributed by atoms with Crippen molar-refractivity contribution in [2.24, 2.45) is 0 Å². The molecule has 1 heterocycles. The number of hydrogen-bond donors (Lipinski definition) is 1. The van der Waals surface area contributed by atoms with Crippen molar-refractivity contribution in [3.05, 3.63) is 99.3 Å². The summed E-state index contributed by atoms with van der Waals surface area (Å²) in [7, 11) is 0. The Hall–Kier alpha value is -4.31. The molecule has 3 aromatic carbocycles. The summed E-state index contributed by atoms with van der Waals surface area (Å²) < 4.78 is 25.4. The number of anilines is 1. The highest BCUT2D eigenvalue weighted by atomic mass is 79.9. The van der Waals surface area contributed by atoms with Crippen molar-refractivity contribution in [2.75, 3.05) is 11.5 Å². The van der Waals surface area contributed by atoms with Crippen molar-refractivity contribution in [1.29, 1.82) is 0 Å². The molecule has 37 heavy (non-hydrogen) atoms. The first-order valence-electron chi connectivity index (χ1n) is 11.1. The van der Waals surface area contributed by atoms with Gasteiger partial charge in [-0.15, -0.1) is 0 Å². The van der Waals surface area contributed by atoms with Gasteiger partial charge in [-0.3, -0.25) is 14.9 Å². The number of carbonyl (C=O) groups excluding carboxylic acids is 4. The van der Waals surface area contributed by atoms with Crippen molar-refractivity contribution >= 4 is 51.5 Å². The summed E-state index contributed by atoms with van der Waals surface area (Å²) >= 11 is 3.35. The number of nitrogens with one attached hydrogen (secondary N) is 1. The molecule has 1 aliphatic rings. The van der Waals surface area contributed by atoms with Gasteiger partial charge in [-0.1, -0.05) is 34.1 Å². The second kappa shape index (κ2) is 11.2. The Balaban J connectivity index is 1.64. The van der Waals surface area contributed by atoms with Crippen molar-refractivity contribution in [3.63, 3.8) is 0 Å². The van der Waals surface area contributed by atoms with E-state index >= 15 is 0 Å². The van der Waals surface area contributed by atoms with Crippen molar-refractivity contribution in [3.8, 4) is 5.75 Å². The van der Waals surface area contributed by atoms with Gasteiger partial charge in [0, 0.05) is 15.6 Å². The summed E-state index contributed by atoms with van der Waals surface area (Å²) in [5.74, 6) is -2.42. The van der Waals surface area contributed by atoms with E-state index in [1.807, 2.05) is 0 Å². The van der Waals surface area contributed by atoms with Crippen molar-refractivity contribution in [2.45, 2.75) is 13.5 Å². The highest BCUT2D eigenvalue weighted by Gasteiger charge is 2.37. The SMILES string of the molecule is CCOC(=O)c1ccc(N2C(=O)NC(=O)/C(=C\c3cc(Br)ccc3OCc3ccccc3F)C2=O)cc1. The number of esters is 1. The van der Waals surface area contributed by atoms with Crippen LogP contribution >= 0.6 is 15.9 Å². The summed E-state index contributed by atoms with van der Waals surface area (Å²) in [6, 6.07) is 15.8. The molecule has 0 aromatic heterocycles. The van der Waals surface area contributed by atoms with E-state index < -0.39 is 29.6 Å². The van der Waals surface area contributed by atoms with E-state index in [0.717, 1.165) is 4.90 Å². The molecule has 0 atom stereocenters. The Bertz CT molecular complexity index is 1420. The number of nitrogens with zero attached hydrogens (tertiary/aromatic N) is 1. The smallest absolute Gasteiger partial charge is 0.338 e. The maximum atomic E-state index is 14.0. The fourth-order valence-corrected chi connectivity index (χ4v) is 3.92. The first-order valence-corrected chi connectivity index (χ1v) is 11.9. The van der Waals surface area contributed by atoms with Crippen LogP contribution in [0.15, 0.2) is 76.8 Å². The zero-order chi connectivity index (χ0) is 26.5. The molecular weight excluding hydrogens is 547 g/mol. The van der Waals surface area contributed by atoms with E-state index in [-0.39, 0.29) is 30.0 Å². The topological polar surface area (TPSA) is 102 Å². The van der Waals surface area contributed by atoms with Gasteiger partial charge >= 0.3 is 12.0 Å². The molecule has 0 spiro atoms. The summed E-state index contributed by atoms with van der Waals surface area (Å²) in [6.07, 6.45) is 1.30. The Morgan fingerprint density at radius 3 is 2.49 bits per heavy atom. The van der Waals surface area contributed by atoms with Gasteiger partial charge in [-0.2, -0.15) is 0 Å². The molecule has 1 fully saturated rings. The molecule has 1 N–H and O–H groups in total. The molecule has 10 heteroatoms. The minimum absolute atomic E-state index is 0.0813. The lowest BCUT2D eigenvalue weighted by molar-refractivity contribution is -0.122. The zero-order valence-electron chi connectivity index (χ0n) is 19.5. The lowest BCUT2D eigenvalue weighted by Gasteiger charge is -2.26. The van der Waals surface area contributed by atoms with Crippen LogP contribution in [0.3, 0.4) is 0 Å².